The summed E-state index contributed by atoms with van der Waals surface area (Å²) in [6.07, 6.45) is 0.495. The Balaban J connectivity index is 1.52. The molecular weight excluding hydrogens is 515 g/mol. The molecule has 1 aromatic heterocycles. The van der Waals surface area contributed by atoms with Crippen molar-refractivity contribution in [3.8, 4) is 0 Å². The van der Waals surface area contributed by atoms with Gasteiger partial charge in [0.2, 0.25) is 10.0 Å². The van der Waals surface area contributed by atoms with Crippen LogP contribution in [-0.4, -0.2) is 35.0 Å². The summed E-state index contributed by atoms with van der Waals surface area (Å²) >= 11 is 0. The van der Waals surface area contributed by atoms with E-state index < -0.39 is 21.7 Å². The number of carbonyl (C=O) groups excluding carboxylic acids is 1. The minimum atomic E-state index is -3.77. The van der Waals surface area contributed by atoms with E-state index in [1.807, 2.05) is 58.2 Å². The number of anilines is 1. The Hall–Kier alpha value is -3.82. The van der Waals surface area contributed by atoms with Gasteiger partial charge < -0.3 is 4.90 Å². The molecule has 7 nitrogen and oxygen atoms in total. The van der Waals surface area contributed by atoms with Gasteiger partial charge in [-0.15, -0.1) is 0 Å². The first kappa shape index (κ1) is 26.8. The van der Waals surface area contributed by atoms with Gasteiger partial charge in [-0.1, -0.05) is 48.0 Å². The molecule has 0 unspecified atom stereocenters. The Morgan fingerprint density at radius 1 is 1.00 bits per heavy atom. The number of amides is 1. The summed E-state index contributed by atoms with van der Waals surface area (Å²) < 4.78 is 45.5. The number of sulfonamides is 1. The molecular formula is C30H31FN4O3S. The molecule has 0 spiro atoms. The zero-order valence-electron chi connectivity index (χ0n) is 22.5. The minimum Gasteiger partial charge on any atom is -0.302 e. The Bertz CT molecular complexity index is 1640. The van der Waals surface area contributed by atoms with Gasteiger partial charge in [0.15, 0.2) is 0 Å². The van der Waals surface area contributed by atoms with E-state index in [2.05, 4.69) is 0 Å². The summed E-state index contributed by atoms with van der Waals surface area (Å²) in [6.45, 7) is 6.14. The van der Waals surface area contributed by atoms with Crippen LogP contribution in [0.1, 0.15) is 44.0 Å². The topological polar surface area (TPSA) is 75.5 Å². The highest BCUT2D eigenvalue weighted by Gasteiger charge is 2.34. The van der Waals surface area contributed by atoms with Crippen LogP contribution in [0.2, 0.25) is 0 Å². The molecule has 4 aromatic rings. The molecule has 1 aliphatic heterocycles. The second-order valence-electron chi connectivity index (χ2n) is 10.0. The van der Waals surface area contributed by atoms with E-state index in [-0.39, 0.29) is 18.7 Å². The van der Waals surface area contributed by atoms with E-state index in [0.29, 0.717) is 29.2 Å². The van der Waals surface area contributed by atoms with Gasteiger partial charge in [-0.2, -0.15) is 9.40 Å². The minimum absolute atomic E-state index is 0.0410. The van der Waals surface area contributed by atoms with Crippen molar-refractivity contribution in [2.45, 2.75) is 45.2 Å². The predicted molar refractivity (Wildman–Crippen MR) is 149 cm³/mol. The molecule has 5 rings (SSSR count). The number of hydrogen-bond donors (Lipinski definition) is 0. The Kier molecular flexibility index (Phi) is 7.13. The van der Waals surface area contributed by atoms with Crippen molar-refractivity contribution in [2.24, 2.45) is 7.05 Å². The van der Waals surface area contributed by atoms with Crippen LogP contribution in [0.25, 0.3) is 0 Å². The molecule has 202 valence electrons. The lowest BCUT2D eigenvalue weighted by Gasteiger charge is -2.29. The van der Waals surface area contributed by atoms with E-state index in [1.165, 1.54) is 21.3 Å². The predicted octanol–water partition coefficient (Wildman–Crippen LogP) is 5.08. The van der Waals surface area contributed by atoms with Crippen LogP contribution in [0.15, 0.2) is 71.6 Å². The van der Waals surface area contributed by atoms with Crippen LogP contribution >= 0.6 is 0 Å². The van der Waals surface area contributed by atoms with Crippen molar-refractivity contribution in [3.05, 3.63) is 112 Å². The maximum atomic E-state index is 14.6. The maximum Gasteiger partial charge on any atom is 0.261 e. The van der Waals surface area contributed by atoms with E-state index in [4.69, 9.17) is 5.10 Å². The molecule has 1 amide bonds. The van der Waals surface area contributed by atoms with Gasteiger partial charge >= 0.3 is 0 Å². The van der Waals surface area contributed by atoms with Crippen molar-refractivity contribution < 1.29 is 17.6 Å². The molecule has 0 atom stereocenters. The Morgan fingerprint density at radius 3 is 2.31 bits per heavy atom. The number of para-hydroxylation sites is 1. The summed E-state index contributed by atoms with van der Waals surface area (Å²) in [4.78, 5) is 15.4. The number of aromatic nitrogens is 2. The first-order valence-corrected chi connectivity index (χ1v) is 14.2. The Labute approximate surface area is 228 Å². The van der Waals surface area contributed by atoms with Crippen LogP contribution < -0.4 is 4.90 Å². The van der Waals surface area contributed by atoms with Gasteiger partial charge in [-0.3, -0.25) is 9.48 Å². The monoisotopic (exact) mass is 546 g/mol. The summed E-state index contributed by atoms with van der Waals surface area (Å²) in [5.41, 5.74) is 5.29. The molecule has 9 heteroatoms. The molecule has 0 fully saturated rings. The highest BCUT2D eigenvalue weighted by atomic mass is 32.2. The van der Waals surface area contributed by atoms with Crippen molar-refractivity contribution in [1.82, 2.24) is 14.1 Å². The second-order valence-corrected chi connectivity index (χ2v) is 11.9. The molecule has 0 bridgehead atoms. The van der Waals surface area contributed by atoms with Gasteiger partial charge in [-0.25, -0.2) is 12.8 Å². The number of halogens is 1. The smallest absolute Gasteiger partial charge is 0.261 e. The van der Waals surface area contributed by atoms with Crippen LogP contribution in [0, 0.1) is 26.6 Å². The quantitative estimate of drug-likeness (QED) is 0.338. The third kappa shape index (κ3) is 4.99. The van der Waals surface area contributed by atoms with Gasteiger partial charge in [0, 0.05) is 43.5 Å². The number of nitrogens with zero attached hydrogens (tertiary/aromatic N) is 4. The molecule has 0 saturated heterocycles. The lowest BCUT2D eigenvalue weighted by Crippen LogP contribution is -2.37. The normalized spacial score (nSPS) is 13.8. The summed E-state index contributed by atoms with van der Waals surface area (Å²) in [6, 6.07) is 18.7. The lowest BCUT2D eigenvalue weighted by molar-refractivity contribution is 0.0980. The van der Waals surface area contributed by atoms with E-state index >= 15 is 0 Å². The number of carbonyl (C=O) groups is 1. The first-order valence-electron chi connectivity index (χ1n) is 12.8. The van der Waals surface area contributed by atoms with Gasteiger partial charge in [0.25, 0.3) is 5.91 Å². The highest BCUT2D eigenvalue weighted by Crippen LogP contribution is 2.32. The second kappa shape index (κ2) is 10.4. The number of fused-ring (bicyclic) bond motifs is 1. The van der Waals surface area contributed by atoms with Gasteiger partial charge in [0.1, 0.15) is 5.82 Å². The average Bonchev–Trinajstić information content (AvgIpc) is 3.21. The average molecular weight is 547 g/mol. The SMILES string of the molecule is Cc1cc(C)c(S(=O)(=O)N2CCc3c(c(CN(C(=O)c4ccccc4F)c4ccccc4)nn3C)C2)c(C)c1. The number of benzene rings is 3. The fraction of sp³-hybridized carbons (Fsp3) is 0.267. The molecule has 0 radical (unpaired) electrons. The van der Waals surface area contributed by atoms with Crippen molar-refractivity contribution >= 4 is 21.6 Å². The van der Waals surface area contributed by atoms with Crippen LogP contribution in [0.3, 0.4) is 0 Å². The molecule has 3 aromatic carbocycles. The van der Waals surface area contributed by atoms with Crippen molar-refractivity contribution in [3.63, 3.8) is 0 Å². The fourth-order valence-electron chi connectivity index (χ4n) is 5.50. The van der Waals surface area contributed by atoms with Crippen LogP contribution in [-0.2, 0) is 36.6 Å². The van der Waals surface area contributed by atoms with Crippen molar-refractivity contribution in [1.29, 1.82) is 0 Å². The molecule has 0 saturated carbocycles. The van der Waals surface area contributed by atoms with Crippen LogP contribution in [0.5, 0.6) is 0 Å². The van der Waals surface area contributed by atoms with E-state index in [1.54, 1.807) is 28.9 Å². The maximum absolute atomic E-state index is 14.6. The van der Waals surface area contributed by atoms with Gasteiger partial charge in [0.05, 0.1) is 22.7 Å². The van der Waals surface area contributed by atoms with E-state index in [9.17, 15) is 17.6 Å². The van der Waals surface area contributed by atoms with Crippen LogP contribution in [0.4, 0.5) is 10.1 Å². The summed E-state index contributed by atoms with van der Waals surface area (Å²) in [5.74, 6) is -1.10. The lowest BCUT2D eigenvalue weighted by atomic mass is 10.1. The Morgan fingerprint density at radius 2 is 1.64 bits per heavy atom. The largest absolute Gasteiger partial charge is 0.302 e. The standard InChI is InChI=1S/C30H31FN4O3S/c1-20-16-21(2)29(22(3)17-20)39(37,38)34-15-14-28-25(18-34)27(32-33(28)4)19-35(23-10-6-5-7-11-23)30(36)24-12-8-9-13-26(24)31/h5-13,16-17H,14-15,18-19H2,1-4H3. The molecule has 0 aliphatic carbocycles. The third-order valence-electron chi connectivity index (χ3n) is 7.22. The molecule has 39 heavy (non-hydrogen) atoms. The number of aryl methyl sites for hydroxylation is 4. The number of rotatable bonds is 6. The first-order chi connectivity index (χ1) is 18.6. The summed E-state index contributed by atoms with van der Waals surface area (Å²) in [7, 11) is -1.94. The van der Waals surface area contributed by atoms with Gasteiger partial charge in [-0.05, 0) is 56.2 Å². The molecule has 2 heterocycles. The zero-order chi connectivity index (χ0) is 27.9. The number of hydrogen-bond acceptors (Lipinski definition) is 4. The third-order valence-corrected chi connectivity index (χ3v) is 9.37. The molecule has 1 aliphatic rings. The van der Waals surface area contributed by atoms with Crippen molar-refractivity contribution in [2.75, 3.05) is 11.4 Å². The zero-order valence-corrected chi connectivity index (χ0v) is 23.3. The fourth-order valence-corrected chi connectivity index (χ4v) is 7.32. The van der Waals surface area contributed by atoms with E-state index in [0.717, 1.165) is 27.9 Å². The molecule has 0 N–H and O–H groups in total. The summed E-state index contributed by atoms with van der Waals surface area (Å²) in [5, 5.41) is 4.70. The highest BCUT2D eigenvalue weighted by molar-refractivity contribution is 7.89.